The Morgan fingerprint density at radius 1 is 0.479 bits per heavy atom. The van der Waals surface area contributed by atoms with Crippen LogP contribution in [0.3, 0.4) is 0 Å². The normalized spacial score (nSPS) is 11.8. The quantitative estimate of drug-likeness (QED) is 0.181. The summed E-state index contributed by atoms with van der Waals surface area (Å²) in [4.78, 5) is 15.9. The molecule has 0 aliphatic rings. The molecule has 0 amide bonds. The highest BCUT2D eigenvalue weighted by Gasteiger charge is 2.20. The first-order valence-corrected chi connectivity index (χ1v) is 16.1. The van der Waals surface area contributed by atoms with Crippen LogP contribution < -0.4 is 4.90 Å². The van der Waals surface area contributed by atoms with Gasteiger partial charge in [-0.15, -0.1) is 0 Å². The number of rotatable bonds is 5. The summed E-state index contributed by atoms with van der Waals surface area (Å²) in [6, 6.07) is 49.4. The highest BCUT2D eigenvalue weighted by Crippen LogP contribution is 2.45. The number of fused-ring (bicyclic) bond motifs is 4. The van der Waals surface area contributed by atoms with Gasteiger partial charge in [-0.3, -0.25) is 9.88 Å². The van der Waals surface area contributed by atoms with Crippen LogP contribution in [0.5, 0.6) is 0 Å². The lowest BCUT2D eigenvalue weighted by Crippen LogP contribution is -2.12. The second-order valence-electron chi connectivity index (χ2n) is 12.1. The highest BCUT2D eigenvalue weighted by atomic mass is 15.2. The number of pyridine rings is 3. The molecule has 5 nitrogen and oxygen atoms in total. The Morgan fingerprint density at radius 3 is 1.92 bits per heavy atom. The van der Waals surface area contributed by atoms with E-state index in [1.165, 1.54) is 54.2 Å². The predicted molar refractivity (Wildman–Crippen MR) is 198 cm³/mol. The standard InChI is InChI=1S/C43H27N5/c1-2-8-31(9-3-1)47-37-26-30-16-20-34-33(19-14-29-15-21-36(42(30)41(29)34)43(37)35-22-25-44-27-38(35)47)28-12-17-32(18-13-28)48(39-10-4-6-23-45-39)40-11-5-7-24-46-40/h1-27H. The molecule has 4 heterocycles. The molecule has 0 bridgehead atoms. The fourth-order valence-corrected chi connectivity index (χ4v) is 7.48. The molecule has 10 rings (SSSR count). The lowest BCUT2D eigenvalue weighted by atomic mass is 9.88. The van der Waals surface area contributed by atoms with Crippen molar-refractivity contribution in [1.29, 1.82) is 0 Å². The van der Waals surface area contributed by atoms with Gasteiger partial charge in [-0.05, 0) is 104 Å². The van der Waals surface area contributed by atoms with Crippen molar-refractivity contribution < 1.29 is 0 Å². The first-order valence-electron chi connectivity index (χ1n) is 16.1. The molecule has 0 spiro atoms. The number of aromatic nitrogens is 4. The lowest BCUT2D eigenvalue weighted by Gasteiger charge is -2.23. The van der Waals surface area contributed by atoms with Crippen LogP contribution in [0.2, 0.25) is 0 Å². The molecule has 0 radical (unpaired) electrons. The molecule has 224 valence electrons. The number of anilines is 3. The van der Waals surface area contributed by atoms with Crippen LogP contribution in [-0.2, 0) is 0 Å². The Morgan fingerprint density at radius 2 is 1.17 bits per heavy atom. The number of benzene rings is 6. The molecule has 5 heteroatoms. The second-order valence-corrected chi connectivity index (χ2v) is 12.1. The van der Waals surface area contributed by atoms with E-state index in [0.29, 0.717) is 0 Å². The number of hydrogen-bond acceptors (Lipinski definition) is 4. The van der Waals surface area contributed by atoms with Crippen LogP contribution in [0.15, 0.2) is 164 Å². The van der Waals surface area contributed by atoms with Gasteiger partial charge in [0.05, 0.1) is 17.2 Å². The van der Waals surface area contributed by atoms with Crippen molar-refractivity contribution in [3.8, 4) is 16.8 Å². The van der Waals surface area contributed by atoms with Crippen LogP contribution in [0.1, 0.15) is 0 Å². The maximum absolute atomic E-state index is 4.64. The number of nitrogens with zero attached hydrogens (tertiary/aromatic N) is 5. The van der Waals surface area contributed by atoms with Crippen LogP contribution in [0.25, 0.3) is 70.9 Å². The topological polar surface area (TPSA) is 46.8 Å². The summed E-state index contributed by atoms with van der Waals surface area (Å²) >= 11 is 0. The summed E-state index contributed by atoms with van der Waals surface area (Å²) in [6.45, 7) is 0. The van der Waals surface area contributed by atoms with Crippen LogP contribution in [0.4, 0.5) is 17.3 Å². The van der Waals surface area contributed by atoms with E-state index in [1.54, 1.807) is 0 Å². The third kappa shape index (κ3) is 3.94. The Bertz CT molecular complexity index is 2720. The van der Waals surface area contributed by atoms with Crippen molar-refractivity contribution >= 4 is 71.4 Å². The molecular formula is C43H27N5. The van der Waals surface area contributed by atoms with E-state index >= 15 is 0 Å². The first-order chi connectivity index (χ1) is 23.8. The van der Waals surface area contributed by atoms with Gasteiger partial charge in [-0.2, -0.15) is 0 Å². The minimum absolute atomic E-state index is 0.822. The number of para-hydroxylation sites is 1. The summed E-state index contributed by atoms with van der Waals surface area (Å²) in [5.74, 6) is 1.64. The third-order valence-electron chi connectivity index (χ3n) is 9.52. The maximum atomic E-state index is 4.64. The average molecular weight is 614 g/mol. The Balaban J connectivity index is 1.17. The molecule has 4 aromatic heterocycles. The van der Waals surface area contributed by atoms with Crippen molar-refractivity contribution in [1.82, 2.24) is 19.5 Å². The monoisotopic (exact) mass is 613 g/mol. The lowest BCUT2D eigenvalue weighted by molar-refractivity contribution is 1.13. The molecule has 0 atom stereocenters. The van der Waals surface area contributed by atoms with Crippen molar-refractivity contribution in [3.05, 3.63) is 164 Å². The van der Waals surface area contributed by atoms with Gasteiger partial charge in [-0.1, -0.05) is 78.9 Å². The van der Waals surface area contributed by atoms with Gasteiger partial charge in [0.15, 0.2) is 0 Å². The van der Waals surface area contributed by atoms with Gasteiger partial charge < -0.3 is 4.57 Å². The fourth-order valence-electron chi connectivity index (χ4n) is 7.48. The number of hydrogen-bond donors (Lipinski definition) is 0. The molecule has 0 fully saturated rings. The van der Waals surface area contributed by atoms with Gasteiger partial charge in [0.1, 0.15) is 11.6 Å². The summed E-state index contributed by atoms with van der Waals surface area (Å²) < 4.78 is 2.35. The third-order valence-corrected chi connectivity index (χ3v) is 9.52. The minimum Gasteiger partial charge on any atom is -0.308 e. The van der Waals surface area contributed by atoms with Crippen LogP contribution in [-0.4, -0.2) is 19.5 Å². The summed E-state index contributed by atoms with van der Waals surface area (Å²) in [6.07, 6.45) is 7.52. The smallest absolute Gasteiger partial charge is 0.138 e. The van der Waals surface area contributed by atoms with Crippen molar-refractivity contribution in [2.75, 3.05) is 4.90 Å². The molecule has 0 saturated heterocycles. The Labute approximate surface area is 276 Å². The molecule has 0 unspecified atom stereocenters. The fraction of sp³-hybridized carbons (Fsp3) is 0. The van der Waals surface area contributed by atoms with Crippen molar-refractivity contribution in [2.24, 2.45) is 0 Å². The van der Waals surface area contributed by atoms with E-state index in [1.807, 2.05) is 61.2 Å². The van der Waals surface area contributed by atoms with E-state index < -0.39 is 0 Å². The van der Waals surface area contributed by atoms with Crippen LogP contribution >= 0.6 is 0 Å². The Kier molecular flexibility index (Phi) is 5.81. The van der Waals surface area contributed by atoms with Gasteiger partial charge in [-0.25, -0.2) is 9.97 Å². The zero-order chi connectivity index (χ0) is 31.6. The van der Waals surface area contributed by atoms with E-state index in [-0.39, 0.29) is 0 Å². The van der Waals surface area contributed by atoms with Gasteiger partial charge in [0.2, 0.25) is 0 Å². The SMILES string of the molecule is c1ccc(-n2c3cnccc3c3c4ccc5ccc(-c6ccc(N(c7ccccn7)c7ccccn7)cc6)c6ccc(cc32)c4c56)cc1. The minimum atomic E-state index is 0.822. The zero-order valence-corrected chi connectivity index (χ0v) is 25.8. The molecule has 48 heavy (non-hydrogen) atoms. The molecule has 6 aromatic carbocycles. The second kappa shape index (κ2) is 10.5. The maximum Gasteiger partial charge on any atom is 0.138 e. The van der Waals surface area contributed by atoms with E-state index in [9.17, 15) is 0 Å². The zero-order valence-electron chi connectivity index (χ0n) is 25.8. The summed E-state index contributed by atoms with van der Waals surface area (Å²) in [7, 11) is 0. The van der Waals surface area contributed by atoms with E-state index in [4.69, 9.17) is 0 Å². The van der Waals surface area contributed by atoms with Gasteiger partial charge >= 0.3 is 0 Å². The molecular weight excluding hydrogens is 587 g/mol. The van der Waals surface area contributed by atoms with Crippen molar-refractivity contribution in [3.63, 3.8) is 0 Å². The van der Waals surface area contributed by atoms with E-state index in [2.05, 4.69) is 128 Å². The molecule has 0 aliphatic carbocycles. The molecule has 10 aromatic rings. The van der Waals surface area contributed by atoms with E-state index in [0.717, 1.165) is 34.1 Å². The highest BCUT2D eigenvalue weighted by molar-refractivity contribution is 6.34. The summed E-state index contributed by atoms with van der Waals surface area (Å²) in [5, 5.41) is 10.1. The Hall–Kier alpha value is -6.59. The average Bonchev–Trinajstić information content (AvgIpc) is 3.49. The van der Waals surface area contributed by atoms with Gasteiger partial charge in [0.25, 0.3) is 0 Å². The van der Waals surface area contributed by atoms with Crippen LogP contribution in [0, 0.1) is 0 Å². The first kappa shape index (κ1) is 26.6. The van der Waals surface area contributed by atoms with Crippen molar-refractivity contribution in [2.45, 2.75) is 0 Å². The molecule has 0 N–H and O–H groups in total. The largest absolute Gasteiger partial charge is 0.308 e. The molecule has 0 aliphatic heterocycles. The summed E-state index contributed by atoms with van der Waals surface area (Å²) in [5.41, 5.74) is 6.81. The molecule has 0 saturated carbocycles. The predicted octanol–water partition coefficient (Wildman–Crippen LogP) is 11.0. The van der Waals surface area contributed by atoms with Gasteiger partial charge in [0, 0.05) is 40.7 Å².